The van der Waals surface area contributed by atoms with E-state index in [1.807, 2.05) is 0 Å². The molecule has 1 saturated carbocycles. The fourth-order valence-corrected chi connectivity index (χ4v) is 3.66. The average molecular weight is 324 g/mol. The number of hydrogen-bond acceptors (Lipinski definition) is 5. The van der Waals surface area contributed by atoms with Gasteiger partial charge in [-0.1, -0.05) is 33.3 Å². The molecule has 1 aliphatic rings. The first-order chi connectivity index (χ1) is 10.5. The summed E-state index contributed by atoms with van der Waals surface area (Å²) >= 11 is 1.30. The van der Waals surface area contributed by atoms with Crippen LogP contribution in [0.15, 0.2) is 17.5 Å². The van der Waals surface area contributed by atoms with Crippen molar-refractivity contribution in [3.63, 3.8) is 0 Å². The van der Waals surface area contributed by atoms with Gasteiger partial charge in [0.25, 0.3) is 0 Å². The number of ether oxygens (including phenoxy) is 2. The molecule has 0 spiro atoms. The first-order valence-electron chi connectivity index (χ1n) is 7.87. The number of thiophene rings is 1. The second kappa shape index (κ2) is 7.77. The van der Waals surface area contributed by atoms with Crippen molar-refractivity contribution < 1.29 is 19.1 Å². The van der Waals surface area contributed by atoms with E-state index in [9.17, 15) is 9.59 Å². The van der Waals surface area contributed by atoms with Crippen molar-refractivity contribution in [3.05, 3.63) is 22.4 Å². The Kier molecular flexibility index (Phi) is 6.00. The molecule has 22 heavy (non-hydrogen) atoms. The largest absolute Gasteiger partial charge is 0.460 e. The number of esters is 2. The van der Waals surface area contributed by atoms with Crippen LogP contribution < -0.4 is 0 Å². The van der Waals surface area contributed by atoms with Crippen molar-refractivity contribution in [2.75, 3.05) is 6.61 Å². The third-order valence-corrected chi connectivity index (χ3v) is 5.14. The van der Waals surface area contributed by atoms with Gasteiger partial charge in [-0.05, 0) is 42.0 Å². The van der Waals surface area contributed by atoms with Crippen molar-refractivity contribution >= 4 is 23.3 Å². The monoisotopic (exact) mass is 324 g/mol. The van der Waals surface area contributed by atoms with Gasteiger partial charge < -0.3 is 9.47 Å². The second-order valence-electron chi connectivity index (χ2n) is 6.41. The van der Waals surface area contributed by atoms with Crippen LogP contribution in [-0.2, 0) is 14.3 Å². The molecule has 5 heteroatoms. The van der Waals surface area contributed by atoms with Crippen LogP contribution in [0.4, 0.5) is 0 Å². The van der Waals surface area contributed by atoms with Gasteiger partial charge in [-0.3, -0.25) is 0 Å². The van der Waals surface area contributed by atoms with Crippen LogP contribution in [0.5, 0.6) is 0 Å². The molecule has 1 heterocycles. The Morgan fingerprint density at radius 3 is 2.77 bits per heavy atom. The van der Waals surface area contributed by atoms with E-state index in [0.717, 1.165) is 12.8 Å². The lowest BCUT2D eigenvalue weighted by atomic mass is 9.75. The summed E-state index contributed by atoms with van der Waals surface area (Å²) in [6, 6.07) is 3.45. The molecular formula is C17H24O4S. The quantitative estimate of drug-likeness (QED) is 0.771. The van der Waals surface area contributed by atoms with Crippen LogP contribution in [0.1, 0.15) is 49.7 Å². The normalized spacial score (nSPS) is 25.0. The Balaban J connectivity index is 1.83. The van der Waals surface area contributed by atoms with Gasteiger partial charge in [-0.15, -0.1) is 11.3 Å². The maximum atomic E-state index is 12.0. The molecule has 4 nitrogen and oxygen atoms in total. The highest BCUT2D eigenvalue weighted by Gasteiger charge is 2.33. The number of hydrogen-bond donors (Lipinski definition) is 0. The molecule has 0 bridgehead atoms. The van der Waals surface area contributed by atoms with Gasteiger partial charge in [0.1, 0.15) is 11.0 Å². The van der Waals surface area contributed by atoms with Gasteiger partial charge in [-0.2, -0.15) is 0 Å². The van der Waals surface area contributed by atoms with Crippen LogP contribution >= 0.6 is 11.3 Å². The van der Waals surface area contributed by atoms with Crippen LogP contribution in [0.2, 0.25) is 0 Å². The van der Waals surface area contributed by atoms with Gasteiger partial charge in [0.15, 0.2) is 6.61 Å². The molecule has 0 N–H and O–H groups in total. The molecule has 0 amide bonds. The van der Waals surface area contributed by atoms with Gasteiger partial charge in [0.2, 0.25) is 0 Å². The summed E-state index contributed by atoms with van der Waals surface area (Å²) in [7, 11) is 0. The Morgan fingerprint density at radius 2 is 2.14 bits per heavy atom. The van der Waals surface area contributed by atoms with E-state index in [1.54, 1.807) is 17.5 Å². The van der Waals surface area contributed by atoms with E-state index in [2.05, 4.69) is 20.8 Å². The van der Waals surface area contributed by atoms with E-state index in [4.69, 9.17) is 9.47 Å². The zero-order valence-corrected chi connectivity index (χ0v) is 14.2. The van der Waals surface area contributed by atoms with Crippen LogP contribution in [0, 0.1) is 17.8 Å². The Hall–Kier alpha value is -1.36. The number of rotatable bonds is 5. The van der Waals surface area contributed by atoms with Crippen molar-refractivity contribution in [2.45, 2.75) is 46.1 Å². The molecule has 122 valence electrons. The van der Waals surface area contributed by atoms with Crippen LogP contribution in [0.25, 0.3) is 0 Å². The Morgan fingerprint density at radius 1 is 1.36 bits per heavy atom. The lowest BCUT2D eigenvalue weighted by molar-refractivity contribution is -0.159. The van der Waals surface area contributed by atoms with Crippen molar-refractivity contribution in [1.82, 2.24) is 0 Å². The fraction of sp³-hybridized carbons (Fsp3) is 0.647. The first-order valence-corrected chi connectivity index (χ1v) is 8.75. The summed E-state index contributed by atoms with van der Waals surface area (Å²) in [5.41, 5.74) is 0. The van der Waals surface area contributed by atoms with Crippen molar-refractivity contribution in [2.24, 2.45) is 17.8 Å². The van der Waals surface area contributed by atoms with Gasteiger partial charge in [0.05, 0.1) is 0 Å². The van der Waals surface area contributed by atoms with Gasteiger partial charge in [0, 0.05) is 0 Å². The molecule has 2 rings (SSSR count). The number of carbonyl (C=O) groups is 2. The zero-order chi connectivity index (χ0) is 16.1. The minimum atomic E-state index is -0.468. The van der Waals surface area contributed by atoms with E-state index >= 15 is 0 Å². The lowest BCUT2D eigenvalue weighted by Crippen LogP contribution is -2.36. The second-order valence-corrected chi connectivity index (χ2v) is 7.36. The van der Waals surface area contributed by atoms with E-state index in [0.29, 0.717) is 22.6 Å². The lowest BCUT2D eigenvalue weighted by Gasteiger charge is -2.36. The maximum Gasteiger partial charge on any atom is 0.348 e. The topological polar surface area (TPSA) is 52.6 Å². The molecule has 1 aliphatic carbocycles. The molecule has 1 aromatic heterocycles. The minimum absolute atomic E-state index is 0.0586. The average Bonchev–Trinajstić information content (AvgIpc) is 2.98. The van der Waals surface area contributed by atoms with Crippen LogP contribution in [-0.4, -0.2) is 24.6 Å². The molecule has 0 saturated heterocycles. The fourth-order valence-electron chi connectivity index (χ4n) is 3.04. The summed E-state index contributed by atoms with van der Waals surface area (Å²) in [4.78, 5) is 24.2. The minimum Gasteiger partial charge on any atom is -0.460 e. The smallest absolute Gasteiger partial charge is 0.348 e. The van der Waals surface area contributed by atoms with E-state index < -0.39 is 11.9 Å². The summed E-state index contributed by atoms with van der Waals surface area (Å²) in [6.45, 7) is 6.21. The molecule has 1 aromatic rings. The Bertz CT molecular complexity index is 495. The number of carbonyl (C=O) groups excluding carboxylic acids is 2. The molecule has 3 atom stereocenters. The van der Waals surface area contributed by atoms with Gasteiger partial charge >= 0.3 is 11.9 Å². The third-order valence-electron chi connectivity index (χ3n) is 4.29. The predicted molar refractivity (Wildman–Crippen MR) is 85.8 cm³/mol. The summed E-state index contributed by atoms with van der Waals surface area (Å²) < 4.78 is 10.6. The highest BCUT2D eigenvalue weighted by atomic mass is 32.1. The first kappa shape index (κ1) is 17.0. The van der Waals surface area contributed by atoms with E-state index in [1.165, 1.54) is 17.8 Å². The summed E-state index contributed by atoms with van der Waals surface area (Å²) in [5.74, 6) is 0.535. The van der Waals surface area contributed by atoms with Crippen molar-refractivity contribution in [1.29, 1.82) is 0 Å². The molecule has 0 aromatic carbocycles. The summed E-state index contributed by atoms with van der Waals surface area (Å²) in [6.07, 6.45) is 3.11. The third kappa shape index (κ3) is 4.57. The molecular weight excluding hydrogens is 300 g/mol. The standard InChI is InChI=1S/C17H24O4S/c1-11(2)13-7-6-12(3)9-14(13)21-16(18)10-20-17(19)15-5-4-8-22-15/h4-5,8,11-14H,6-7,9-10H2,1-3H3/t12-,13+,14+/m1/s1. The Labute approximate surface area is 135 Å². The van der Waals surface area contributed by atoms with Crippen LogP contribution in [0.3, 0.4) is 0 Å². The zero-order valence-electron chi connectivity index (χ0n) is 13.4. The SMILES string of the molecule is CC(C)[C@@H]1CC[C@@H](C)C[C@@H]1OC(=O)COC(=O)c1cccs1. The maximum absolute atomic E-state index is 12.0. The molecule has 1 fully saturated rings. The molecule has 0 radical (unpaired) electrons. The molecule has 0 aliphatic heterocycles. The van der Waals surface area contributed by atoms with E-state index in [-0.39, 0.29) is 12.7 Å². The highest BCUT2D eigenvalue weighted by molar-refractivity contribution is 7.11. The van der Waals surface area contributed by atoms with Crippen molar-refractivity contribution in [3.8, 4) is 0 Å². The predicted octanol–water partition coefficient (Wildman–Crippen LogP) is 3.91. The highest BCUT2D eigenvalue weighted by Crippen LogP contribution is 2.35. The molecule has 0 unspecified atom stereocenters. The summed E-state index contributed by atoms with van der Waals surface area (Å²) in [5, 5.41) is 1.80. The van der Waals surface area contributed by atoms with Gasteiger partial charge in [-0.25, -0.2) is 9.59 Å².